The third-order valence-corrected chi connectivity index (χ3v) is 11.1. The number of hydrogen-bond donors (Lipinski definition) is 1. The molecule has 0 amide bonds. The Balaban J connectivity index is 1.47. The van der Waals surface area contributed by atoms with E-state index in [1.807, 2.05) is 0 Å². The highest BCUT2D eigenvalue weighted by atomic mass is 16.3. The van der Waals surface area contributed by atoms with Crippen molar-refractivity contribution in [1.82, 2.24) is 0 Å². The van der Waals surface area contributed by atoms with Crippen molar-refractivity contribution in [3.8, 4) is 0 Å². The zero-order valence-electron chi connectivity index (χ0n) is 20.3. The van der Waals surface area contributed by atoms with Gasteiger partial charge in [0.25, 0.3) is 0 Å². The second kappa shape index (κ2) is 8.48. The van der Waals surface area contributed by atoms with Crippen molar-refractivity contribution in [2.75, 3.05) is 0 Å². The molecule has 0 aromatic heterocycles. The first-order valence-electron chi connectivity index (χ1n) is 13.4. The molecule has 0 heterocycles. The molecule has 29 heavy (non-hydrogen) atoms. The lowest BCUT2D eigenvalue weighted by atomic mass is 9.46. The second-order valence-electron chi connectivity index (χ2n) is 13.0. The Morgan fingerprint density at radius 3 is 2.34 bits per heavy atom. The summed E-state index contributed by atoms with van der Waals surface area (Å²) in [5.74, 6) is 6.46. The zero-order valence-corrected chi connectivity index (χ0v) is 20.3. The molecule has 4 saturated carbocycles. The van der Waals surface area contributed by atoms with E-state index in [4.69, 9.17) is 0 Å². The molecule has 0 aliphatic heterocycles. The van der Waals surface area contributed by atoms with Crippen LogP contribution in [-0.2, 0) is 0 Å². The number of rotatable bonds is 5. The lowest BCUT2D eigenvalue weighted by Gasteiger charge is -2.59. The summed E-state index contributed by atoms with van der Waals surface area (Å²) in [7, 11) is 0. The molecule has 9 atom stereocenters. The van der Waals surface area contributed by atoms with Crippen LogP contribution in [0.3, 0.4) is 0 Å². The van der Waals surface area contributed by atoms with Crippen LogP contribution in [0.5, 0.6) is 0 Å². The van der Waals surface area contributed by atoms with Gasteiger partial charge >= 0.3 is 0 Å². The molecule has 0 aromatic carbocycles. The molecule has 0 saturated heterocycles. The van der Waals surface area contributed by atoms with Crippen molar-refractivity contribution >= 4 is 0 Å². The monoisotopic (exact) mass is 402 g/mol. The quantitative estimate of drug-likeness (QED) is 0.496. The third-order valence-electron chi connectivity index (χ3n) is 11.1. The van der Waals surface area contributed by atoms with E-state index in [-0.39, 0.29) is 6.10 Å². The number of hydrogen-bond acceptors (Lipinski definition) is 1. The summed E-state index contributed by atoms with van der Waals surface area (Å²) in [6.45, 7) is 12.7. The minimum Gasteiger partial charge on any atom is -0.393 e. The van der Waals surface area contributed by atoms with Crippen LogP contribution in [0, 0.1) is 52.3 Å². The number of fused-ring (bicyclic) bond motifs is 5. The highest BCUT2D eigenvalue weighted by Gasteiger charge is 2.60. The van der Waals surface area contributed by atoms with Crippen LogP contribution in [0.15, 0.2) is 0 Å². The van der Waals surface area contributed by atoms with E-state index in [1.165, 1.54) is 70.6 Å². The predicted octanol–water partition coefficient (Wildman–Crippen LogP) is 7.86. The molecule has 4 fully saturated rings. The molecule has 0 bridgehead atoms. The predicted molar refractivity (Wildman–Crippen MR) is 124 cm³/mol. The molecule has 4 aliphatic carbocycles. The third kappa shape index (κ3) is 3.96. The second-order valence-corrected chi connectivity index (χ2v) is 13.0. The molecule has 0 radical (unpaired) electrons. The molecular weight excluding hydrogens is 352 g/mol. The topological polar surface area (TPSA) is 20.2 Å². The van der Waals surface area contributed by atoms with Gasteiger partial charge in [-0.25, -0.2) is 0 Å². The first kappa shape index (κ1) is 22.2. The Morgan fingerprint density at radius 2 is 1.59 bits per heavy atom. The van der Waals surface area contributed by atoms with Gasteiger partial charge in [-0.3, -0.25) is 0 Å². The fourth-order valence-corrected chi connectivity index (χ4v) is 9.50. The maximum absolute atomic E-state index is 10.4. The number of aliphatic hydroxyl groups is 1. The maximum atomic E-state index is 10.4. The van der Waals surface area contributed by atoms with Gasteiger partial charge in [0.2, 0.25) is 0 Å². The van der Waals surface area contributed by atoms with Gasteiger partial charge in [-0.2, -0.15) is 0 Å². The first-order valence-corrected chi connectivity index (χ1v) is 13.4. The molecule has 1 heteroatoms. The standard InChI is InChI=1S/C28H50O/c1-19(2)8-6-9-20(3)24-13-14-25-23-12-11-21-18-22(29)10-7-16-27(21,4)26(23)15-17-28(24,25)5/h19-26,29H,6-18H2,1-5H3. The van der Waals surface area contributed by atoms with Gasteiger partial charge in [0.1, 0.15) is 0 Å². The van der Waals surface area contributed by atoms with Crippen molar-refractivity contribution in [3.05, 3.63) is 0 Å². The Morgan fingerprint density at radius 1 is 0.828 bits per heavy atom. The van der Waals surface area contributed by atoms with Crippen molar-refractivity contribution < 1.29 is 5.11 Å². The van der Waals surface area contributed by atoms with E-state index in [1.54, 1.807) is 0 Å². The molecule has 4 rings (SSSR count). The molecule has 1 N–H and O–H groups in total. The van der Waals surface area contributed by atoms with Gasteiger partial charge in [0.05, 0.1) is 6.10 Å². The van der Waals surface area contributed by atoms with Crippen molar-refractivity contribution in [1.29, 1.82) is 0 Å². The van der Waals surface area contributed by atoms with Crippen LogP contribution in [0.25, 0.3) is 0 Å². The molecule has 0 aromatic rings. The Labute approximate surface area is 181 Å². The van der Waals surface area contributed by atoms with Crippen LogP contribution >= 0.6 is 0 Å². The van der Waals surface area contributed by atoms with E-state index in [9.17, 15) is 5.11 Å². The maximum Gasteiger partial charge on any atom is 0.0543 e. The SMILES string of the molecule is CC(C)CCCC(C)C1CCC2C3CCC4CC(O)CCCC4(C)C3CCC12C. The summed E-state index contributed by atoms with van der Waals surface area (Å²) in [6.07, 6.45) is 17.9. The van der Waals surface area contributed by atoms with Crippen molar-refractivity contribution in [2.24, 2.45) is 52.3 Å². The minimum absolute atomic E-state index is 0.0187. The van der Waals surface area contributed by atoms with Crippen molar-refractivity contribution in [3.63, 3.8) is 0 Å². The smallest absolute Gasteiger partial charge is 0.0543 e. The summed E-state index contributed by atoms with van der Waals surface area (Å²) in [6, 6.07) is 0. The normalized spacial score (nSPS) is 48.5. The summed E-state index contributed by atoms with van der Waals surface area (Å²) in [5, 5.41) is 10.4. The summed E-state index contributed by atoms with van der Waals surface area (Å²) < 4.78 is 0. The van der Waals surface area contributed by atoms with Gasteiger partial charge in [-0.05, 0) is 110 Å². The Bertz CT molecular complexity index is 555. The van der Waals surface area contributed by atoms with Crippen LogP contribution in [0.4, 0.5) is 0 Å². The Kier molecular flexibility index (Phi) is 6.48. The fourth-order valence-electron chi connectivity index (χ4n) is 9.50. The van der Waals surface area contributed by atoms with E-state index in [0.717, 1.165) is 54.3 Å². The van der Waals surface area contributed by atoms with Gasteiger partial charge in [0, 0.05) is 0 Å². The Hall–Kier alpha value is -0.0400. The fraction of sp³-hybridized carbons (Fsp3) is 1.00. The van der Waals surface area contributed by atoms with Gasteiger partial charge in [-0.1, -0.05) is 60.3 Å². The zero-order chi connectivity index (χ0) is 20.8. The van der Waals surface area contributed by atoms with Crippen LogP contribution in [0.1, 0.15) is 118 Å². The lowest BCUT2D eigenvalue weighted by Crippen LogP contribution is -2.52. The average molecular weight is 403 g/mol. The highest BCUT2D eigenvalue weighted by molar-refractivity contribution is 5.09. The molecule has 9 unspecified atom stereocenters. The van der Waals surface area contributed by atoms with E-state index in [0.29, 0.717) is 10.8 Å². The molecular formula is C28H50O. The van der Waals surface area contributed by atoms with Crippen LogP contribution < -0.4 is 0 Å². The lowest BCUT2D eigenvalue weighted by molar-refractivity contribution is -0.106. The van der Waals surface area contributed by atoms with E-state index >= 15 is 0 Å². The van der Waals surface area contributed by atoms with Crippen LogP contribution in [0.2, 0.25) is 0 Å². The highest BCUT2D eigenvalue weighted by Crippen LogP contribution is 2.68. The molecule has 0 spiro atoms. The summed E-state index contributed by atoms with van der Waals surface area (Å²) in [4.78, 5) is 0. The molecule has 168 valence electrons. The largest absolute Gasteiger partial charge is 0.393 e. The van der Waals surface area contributed by atoms with Gasteiger partial charge in [-0.15, -0.1) is 0 Å². The van der Waals surface area contributed by atoms with Gasteiger partial charge < -0.3 is 5.11 Å². The summed E-state index contributed by atoms with van der Waals surface area (Å²) >= 11 is 0. The molecule has 4 aliphatic rings. The van der Waals surface area contributed by atoms with Gasteiger partial charge in [0.15, 0.2) is 0 Å². The first-order chi connectivity index (χ1) is 13.8. The number of aliphatic hydroxyl groups excluding tert-OH is 1. The van der Waals surface area contributed by atoms with Crippen molar-refractivity contribution in [2.45, 2.75) is 124 Å². The van der Waals surface area contributed by atoms with Crippen LogP contribution in [-0.4, -0.2) is 11.2 Å². The molecule has 1 nitrogen and oxygen atoms in total. The van der Waals surface area contributed by atoms with E-state index < -0.39 is 0 Å². The minimum atomic E-state index is -0.0187. The average Bonchev–Trinajstić information content (AvgIpc) is 2.92. The van der Waals surface area contributed by atoms with E-state index in [2.05, 4.69) is 34.6 Å². The summed E-state index contributed by atoms with van der Waals surface area (Å²) in [5.41, 5.74) is 1.13.